The first-order valence-corrected chi connectivity index (χ1v) is 28.3. The molecule has 2 N–H and O–H groups in total. The molecule has 0 fully saturated rings. The van der Waals surface area contributed by atoms with Gasteiger partial charge in [0, 0.05) is 92.4 Å². The van der Waals surface area contributed by atoms with E-state index in [4.69, 9.17) is 57.0 Å². The van der Waals surface area contributed by atoms with Crippen molar-refractivity contribution in [2.75, 3.05) is 27.3 Å². The van der Waals surface area contributed by atoms with Crippen molar-refractivity contribution in [3.8, 4) is 46.1 Å². The Morgan fingerprint density at radius 3 is 1.61 bits per heavy atom. The van der Waals surface area contributed by atoms with Crippen LogP contribution in [0.2, 0.25) is 10.0 Å². The second-order valence-corrected chi connectivity index (χ2v) is 23.2. The molecule has 0 bridgehead atoms. The minimum atomic E-state index is -3.69. The average Bonchev–Trinajstić information content (AvgIpc) is 4.24. The monoisotopic (exact) mass is 1230 g/mol. The van der Waals surface area contributed by atoms with Crippen molar-refractivity contribution in [1.29, 1.82) is 10.5 Å². The number of hydrogen-bond acceptors (Lipinski definition) is 16. The van der Waals surface area contributed by atoms with E-state index in [1.165, 1.54) is 123 Å². The molecule has 10 rings (SSSR count). The average molecular weight is 1230 g/mol. The summed E-state index contributed by atoms with van der Waals surface area (Å²) in [6.45, 7) is 0.441. The summed E-state index contributed by atoms with van der Waals surface area (Å²) in [4.78, 5) is 25.7. The van der Waals surface area contributed by atoms with Crippen LogP contribution in [0.5, 0.6) is 11.5 Å². The Bertz CT molecular complexity index is 4090. The summed E-state index contributed by atoms with van der Waals surface area (Å²) in [6.07, 6.45) is 3.13. The second kappa shape index (κ2) is 24.9. The summed E-state index contributed by atoms with van der Waals surface area (Å²) < 4.78 is 107. The fraction of sp³-hybridized carbons (Fsp3) is 0.192. The van der Waals surface area contributed by atoms with Crippen molar-refractivity contribution >= 4 is 71.8 Å². The highest BCUT2D eigenvalue weighted by Gasteiger charge is 2.32. The van der Waals surface area contributed by atoms with Crippen LogP contribution in [0, 0.1) is 34.3 Å². The van der Waals surface area contributed by atoms with Crippen LogP contribution in [-0.4, -0.2) is 89.4 Å². The van der Waals surface area contributed by atoms with Crippen molar-refractivity contribution in [3.05, 3.63) is 201 Å². The van der Waals surface area contributed by atoms with Crippen LogP contribution in [0.15, 0.2) is 133 Å². The zero-order valence-corrected chi connectivity index (χ0v) is 46.6. The van der Waals surface area contributed by atoms with Crippen LogP contribution in [0.25, 0.3) is 22.5 Å². The molecule has 0 unspecified atom stereocenters. The number of pyridine rings is 2. The van der Waals surface area contributed by atoms with Gasteiger partial charge in [-0.25, -0.2) is 25.6 Å². The second-order valence-electron chi connectivity index (χ2n) is 17.6. The summed E-state index contributed by atoms with van der Waals surface area (Å²) in [6, 6.07) is 26.8. The van der Waals surface area contributed by atoms with E-state index in [1.54, 1.807) is 18.2 Å². The zero-order chi connectivity index (χ0) is 57.6. The first-order chi connectivity index (χ1) is 38.2. The Morgan fingerprint density at radius 1 is 0.675 bits per heavy atom. The molecular weight excluding hydrogens is 1190 g/mol. The summed E-state index contributed by atoms with van der Waals surface area (Å²) in [5, 5.41) is 43.2. The third-order valence-electron chi connectivity index (χ3n) is 12.7. The van der Waals surface area contributed by atoms with Crippen LogP contribution in [0.1, 0.15) is 45.0 Å². The lowest BCUT2D eigenvalue weighted by atomic mass is 9.80. The Hall–Kier alpha value is -7.50. The van der Waals surface area contributed by atoms with Gasteiger partial charge in [-0.05, 0) is 74.5 Å². The van der Waals surface area contributed by atoms with Gasteiger partial charge in [-0.3, -0.25) is 18.7 Å². The Morgan fingerprint density at radius 2 is 1.15 bits per heavy atom. The number of halogens is 5. The third kappa shape index (κ3) is 12.9. The largest absolute Gasteiger partial charge is 0.495 e. The molecule has 8 aromatic rings. The zero-order valence-electron chi connectivity index (χ0n) is 41.9. The first-order valence-electron chi connectivity index (χ1n) is 23.6. The molecule has 2 aliphatic heterocycles. The van der Waals surface area contributed by atoms with E-state index < -0.39 is 44.4 Å². The van der Waals surface area contributed by atoms with Gasteiger partial charge in [-0.2, -0.15) is 19.1 Å². The molecule has 2 aliphatic rings. The van der Waals surface area contributed by atoms with Gasteiger partial charge in [0.25, 0.3) is 11.1 Å². The molecule has 6 heterocycles. The number of aromatic nitrogens is 4. The molecule has 80 heavy (non-hydrogen) atoms. The molecule has 4 aromatic heterocycles. The maximum Gasteiger partial charge on any atom is 0.488 e. The number of benzene rings is 4. The van der Waals surface area contributed by atoms with E-state index in [-0.39, 0.29) is 105 Å². The van der Waals surface area contributed by atoms with Gasteiger partial charge in [-0.1, -0.05) is 57.8 Å². The minimum Gasteiger partial charge on any atom is -0.495 e. The van der Waals surface area contributed by atoms with Crippen LogP contribution < -0.4 is 26.1 Å². The van der Waals surface area contributed by atoms with Crippen LogP contribution in [0.4, 0.5) is 8.78 Å². The van der Waals surface area contributed by atoms with Gasteiger partial charge in [0.05, 0.1) is 62.6 Å². The number of nitrogens with zero attached hydrogens (tertiary/aromatic N) is 8. The number of rotatable bonds is 12. The predicted octanol–water partition coefficient (Wildman–Crippen LogP) is 6.57. The topological polar surface area (TPSA) is 277 Å². The molecule has 28 heteroatoms. The maximum absolute atomic E-state index is 15.4. The molecule has 4 aromatic carbocycles. The highest BCUT2D eigenvalue weighted by molar-refractivity contribution is 9.10. The van der Waals surface area contributed by atoms with Gasteiger partial charge in [0.1, 0.15) is 59.3 Å². The molecule has 20 nitrogen and oxygen atoms in total. The van der Waals surface area contributed by atoms with Gasteiger partial charge in [-0.15, -0.1) is 0 Å². The van der Waals surface area contributed by atoms with Crippen LogP contribution in [-0.2, 0) is 57.5 Å². The molecule has 0 saturated heterocycles. The molecule has 0 amide bonds. The molecule has 412 valence electrons. The van der Waals surface area contributed by atoms with E-state index in [2.05, 4.69) is 26.2 Å². The number of hydrogen-bond donors (Lipinski definition) is 2. The van der Waals surface area contributed by atoms with E-state index in [9.17, 15) is 36.1 Å². The fourth-order valence-electron chi connectivity index (χ4n) is 8.78. The van der Waals surface area contributed by atoms with Crippen LogP contribution in [0.3, 0.4) is 0 Å². The van der Waals surface area contributed by atoms with E-state index in [1.807, 2.05) is 12.1 Å². The molecule has 0 radical (unpaired) electrons. The lowest BCUT2D eigenvalue weighted by Gasteiger charge is -2.30. The third-order valence-corrected chi connectivity index (χ3v) is 17.5. The highest BCUT2D eigenvalue weighted by Crippen LogP contribution is 2.36. The van der Waals surface area contributed by atoms with E-state index in [0.717, 1.165) is 0 Å². The van der Waals surface area contributed by atoms with Gasteiger partial charge in [0.15, 0.2) is 0 Å². The quantitative estimate of drug-likeness (QED) is 0.122. The fourth-order valence-corrected chi connectivity index (χ4v) is 12.2. The Kier molecular flexibility index (Phi) is 18.2. The summed E-state index contributed by atoms with van der Waals surface area (Å²) in [7, 11) is -6.05. The predicted molar refractivity (Wildman–Crippen MR) is 292 cm³/mol. The summed E-state index contributed by atoms with van der Waals surface area (Å²) in [5.41, 5.74) is 4.04. The lowest BCUT2D eigenvalue weighted by Crippen LogP contribution is -2.39. The van der Waals surface area contributed by atoms with E-state index in [0.29, 0.717) is 50.2 Å². The maximum atomic E-state index is 15.4. The number of fused-ring (bicyclic) bond motifs is 2. The molecular formula is C52H42BBrCl2F2N8O12S2. The smallest absolute Gasteiger partial charge is 0.488 e. The van der Waals surface area contributed by atoms with Gasteiger partial charge >= 0.3 is 7.12 Å². The van der Waals surface area contributed by atoms with Crippen molar-refractivity contribution in [1.82, 2.24) is 28.1 Å². The van der Waals surface area contributed by atoms with E-state index >= 15 is 4.39 Å². The number of sulfonamides is 2. The Labute approximate surface area is 474 Å². The highest BCUT2D eigenvalue weighted by atomic mass is 79.9. The molecule has 0 saturated carbocycles. The normalized spacial score (nSPS) is 13.3. The standard InChI is InChI=1S/C26H20ClFN4O5S.C19H17BrFN3O5S.C7H5BClNO2/c1-36-25-11-20(16-2-4-21(27)18(10-16)13-29)22(28)12-24(25)32-23-6-8-31(14-17(23)3-5-26(32)33)38(34,35)15-19-7-9-37-30-19;1-28-18-8-14(20)15(21)9-17(18)24-16-4-6-23(10-12(16)2-3-19(24)25)30(26,27)11-13-5-7-29-22-13;9-7-2-1-6(8(11)12)3-5(7)4-10/h2-5,7,9-12H,6,8,14-15H2,1H3;2-3,5,7-9H,4,6,10-11H2,1H3;1-3,11-12H. The minimum absolute atomic E-state index is 0.0421. The number of methoxy groups -OCH3 is 2. The van der Waals surface area contributed by atoms with Crippen LogP contribution >= 0.6 is 39.1 Å². The van der Waals surface area contributed by atoms with Crippen molar-refractivity contribution in [2.24, 2.45) is 0 Å². The van der Waals surface area contributed by atoms with Gasteiger partial charge in [0.2, 0.25) is 20.0 Å². The molecule has 0 aliphatic carbocycles. The molecule has 0 atom stereocenters. The van der Waals surface area contributed by atoms with Crippen molar-refractivity contribution < 1.29 is 54.2 Å². The summed E-state index contributed by atoms with van der Waals surface area (Å²) in [5.74, 6) is -1.21. The number of ether oxygens (including phenoxy) is 2. The molecule has 0 spiro atoms. The number of nitriles is 2. The lowest BCUT2D eigenvalue weighted by molar-refractivity contribution is 0.379. The van der Waals surface area contributed by atoms with Crippen molar-refractivity contribution in [3.63, 3.8) is 0 Å². The first kappa shape index (κ1) is 58.6. The summed E-state index contributed by atoms with van der Waals surface area (Å²) >= 11 is 14.7. The Balaban J connectivity index is 0.000000178. The van der Waals surface area contributed by atoms with Crippen molar-refractivity contribution in [2.45, 2.75) is 37.4 Å². The SMILES string of the molecule is COc1cc(-c2ccc(Cl)c(C#N)c2)c(F)cc1-n1c2c(ccc1=O)CN(S(=O)(=O)Cc1ccon1)CC2.COc1cc(Br)c(F)cc1-n1c2c(ccc1=O)CN(S(=O)(=O)Cc1ccon1)CC2.N#Cc1cc(B(O)O)ccc1Cl. The van der Waals surface area contributed by atoms with Gasteiger partial charge < -0.3 is 28.6 Å².